The van der Waals surface area contributed by atoms with Crippen molar-refractivity contribution in [1.29, 1.82) is 0 Å². The topological polar surface area (TPSA) is 69.7 Å². The van der Waals surface area contributed by atoms with Crippen LogP contribution in [0.1, 0.15) is 71.6 Å². The average Bonchev–Trinajstić information content (AvgIpc) is 2.86. The van der Waals surface area contributed by atoms with Gasteiger partial charge in [0, 0.05) is 31.4 Å². The summed E-state index contributed by atoms with van der Waals surface area (Å²) in [5.41, 5.74) is -0.0282. The quantitative estimate of drug-likeness (QED) is 0.205. The molecule has 1 aromatic carbocycles. The van der Waals surface area contributed by atoms with Crippen molar-refractivity contribution >= 4 is 17.7 Å². The highest BCUT2D eigenvalue weighted by Gasteiger charge is 2.47. The second-order valence-electron chi connectivity index (χ2n) is 10.3. The summed E-state index contributed by atoms with van der Waals surface area (Å²) in [6.07, 6.45) is 4.18. The molecule has 216 valence electrons. The molecule has 3 aliphatic heterocycles. The van der Waals surface area contributed by atoms with Gasteiger partial charge in [-0.3, -0.25) is 4.90 Å². The molecule has 3 heterocycles. The summed E-state index contributed by atoms with van der Waals surface area (Å²) in [5, 5.41) is 8.78. The van der Waals surface area contributed by atoms with E-state index in [-0.39, 0.29) is 11.8 Å². The van der Waals surface area contributed by atoms with Crippen molar-refractivity contribution in [1.82, 2.24) is 0 Å². The number of hydrogen-bond acceptors (Lipinski definition) is 4. The number of halogens is 5. The van der Waals surface area contributed by atoms with Gasteiger partial charge < -0.3 is 19.1 Å². The van der Waals surface area contributed by atoms with Gasteiger partial charge in [0.1, 0.15) is 24.1 Å². The van der Waals surface area contributed by atoms with Gasteiger partial charge in [0.15, 0.2) is 6.10 Å². The summed E-state index contributed by atoms with van der Waals surface area (Å²) < 4.78 is 66.8. The number of unbranched alkanes of at least 4 members (excludes halogenated alkanes) is 5. The maximum atomic E-state index is 14.4. The van der Waals surface area contributed by atoms with Crippen molar-refractivity contribution in [3.05, 3.63) is 29.8 Å². The van der Waals surface area contributed by atoms with Crippen molar-refractivity contribution in [2.45, 2.75) is 83.9 Å². The summed E-state index contributed by atoms with van der Waals surface area (Å²) >= 11 is 0. The zero-order valence-corrected chi connectivity index (χ0v) is 22.2. The molecule has 0 radical (unpaired) electrons. The first-order valence-corrected chi connectivity index (χ1v) is 13.5. The molecule has 1 atom stereocenters. The number of carboxylic acids is 1. The monoisotopic (exact) mass is 550 g/mol. The lowest BCUT2D eigenvalue weighted by molar-refractivity contribution is -0.946. The number of anilines is 1. The molecule has 1 amide bonds. The standard InChI is InChI=1S/C25H39F2N2O2.C2HF3O2/c1-3-5-7-8-9-15-29-16-12-20(13-17-29)24(19-29)31-25(30)28(14-6-4-2)23-18-21(26)10-11-22(23)27;3-2(4,5)1(6)7/h10-11,18,20,24H,3-9,12-17,19H2,1-2H3;(H,6,7)/q+1;/p-1/t20?,24-,29?;/m0./s1. The van der Waals surface area contributed by atoms with Crippen LogP contribution in [0.4, 0.5) is 32.4 Å². The van der Waals surface area contributed by atoms with Gasteiger partial charge >= 0.3 is 12.3 Å². The number of ether oxygens (including phenoxy) is 1. The SMILES string of the molecule is CCCCCCC[N+]12CCC(CC1)[C@@H](OC(=O)N(CCCC)c1cc(F)ccc1F)C2.O=C([O-])C(F)(F)F. The lowest BCUT2D eigenvalue weighted by atomic mass is 9.83. The fourth-order valence-electron chi connectivity index (χ4n) is 5.23. The first kappa shape index (κ1) is 31.8. The van der Waals surface area contributed by atoms with Crippen molar-refractivity contribution in [3.63, 3.8) is 0 Å². The Morgan fingerprint density at radius 1 is 1.03 bits per heavy atom. The van der Waals surface area contributed by atoms with Gasteiger partial charge in [0.25, 0.3) is 0 Å². The zero-order valence-electron chi connectivity index (χ0n) is 22.2. The van der Waals surface area contributed by atoms with Crippen LogP contribution in [0.25, 0.3) is 0 Å². The van der Waals surface area contributed by atoms with Crippen LogP contribution >= 0.6 is 0 Å². The molecule has 6 nitrogen and oxygen atoms in total. The Hall–Kier alpha value is -2.43. The van der Waals surface area contributed by atoms with Crippen LogP contribution in [0.5, 0.6) is 0 Å². The van der Waals surface area contributed by atoms with Gasteiger partial charge in [-0.2, -0.15) is 13.2 Å². The highest BCUT2D eigenvalue weighted by molar-refractivity contribution is 5.87. The van der Waals surface area contributed by atoms with E-state index in [0.29, 0.717) is 18.9 Å². The number of quaternary nitrogens is 1. The zero-order chi connectivity index (χ0) is 28.3. The number of rotatable bonds is 11. The molecule has 0 unspecified atom stereocenters. The van der Waals surface area contributed by atoms with Crippen LogP contribution < -0.4 is 10.0 Å². The Labute approximate surface area is 221 Å². The van der Waals surface area contributed by atoms with Crippen LogP contribution in [0, 0.1) is 17.6 Å². The van der Waals surface area contributed by atoms with Crippen molar-refractivity contribution < 1.29 is 45.9 Å². The highest BCUT2D eigenvalue weighted by atomic mass is 19.4. The predicted octanol–water partition coefficient (Wildman–Crippen LogP) is 5.59. The van der Waals surface area contributed by atoms with Gasteiger partial charge in [-0.1, -0.05) is 39.5 Å². The lowest BCUT2D eigenvalue weighted by Gasteiger charge is -2.52. The third-order valence-corrected chi connectivity index (χ3v) is 7.42. The highest BCUT2D eigenvalue weighted by Crippen LogP contribution is 2.36. The molecule has 0 aromatic heterocycles. The molecule has 0 N–H and O–H groups in total. The van der Waals surface area contributed by atoms with Gasteiger partial charge in [-0.05, 0) is 31.4 Å². The molecule has 4 rings (SSSR count). The predicted molar refractivity (Wildman–Crippen MR) is 131 cm³/mol. The molecular weight excluding hydrogens is 511 g/mol. The third-order valence-electron chi connectivity index (χ3n) is 7.42. The molecule has 0 spiro atoms. The van der Waals surface area contributed by atoms with Gasteiger partial charge in [-0.15, -0.1) is 0 Å². The maximum Gasteiger partial charge on any atom is 0.430 e. The smallest absolute Gasteiger partial charge is 0.430 e. The average molecular weight is 551 g/mol. The molecule has 3 fully saturated rings. The van der Waals surface area contributed by atoms with E-state index in [1.807, 2.05) is 6.92 Å². The number of piperidine rings is 3. The van der Waals surface area contributed by atoms with E-state index in [9.17, 15) is 26.7 Å². The first-order valence-electron chi connectivity index (χ1n) is 13.5. The van der Waals surface area contributed by atoms with Crippen LogP contribution in [0.2, 0.25) is 0 Å². The summed E-state index contributed by atoms with van der Waals surface area (Å²) in [5.74, 6) is -3.78. The summed E-state index contributed by atoms with van der Waals surface area (Å²) in [4.78, 5) is 23.2. The molecule has 1 aromatic rings. The van der Waals surface area contributed by atoms with Gasteiger partial charge in [-0.25, -0.2) is 13.6 Å². The molecule has 11 heteroatoms. The Kier molecular flexibility index (Phi) is 12.3. The van der Waals surface area contributed by atoms with Crippen LogP contribution in [0.3, 0.4) is 0 Å². The molecule has 2 bridgehead atoms. The summed E-state index contributed by atoms with van der Waals surface area (Å²) in [6.45, 7) is 8.92. The summed E-state index contributed by atoms with van der Waals surface area (Å²) in [7, 11) is 0. The Balaban J connectivity index is 0.000000638. The molecular formula is C27H39F5N2O4. The summed E-state index contributed by atoms with van der Waals surface area (Å²) in [6, 6.07) is 3.24. The van der Waals surface area contributed by atoms with E-state index in [1.165, 1.54) is 50.1 Å². The number of fused-ring (bicyclic) bond motifs is 3. The number of carboxylic acid groups (broad SMARTS) is 1. The third kappa shape index (κ3) is 9.39. The fourth-order valence-corrected chi connectivity index (χ4v) is 5.23. The molecule has 38 heavy (non-hydrogen) atoms. The maximum absolute atomic E-state index is 14.4. The van der Waals surface area contributed by atoms with Gasteiger partial charge in [0.2, 0.25) is 0 Å². The Morgan fingerprint density at radius 2 is 1.63 bits per heavy atom. The molecule has 0 aliphatic carbocycles. The van der Waals surface area contributed by atoms with E-state index in [4.69, 9.17) is 14.6 Å². The van der Waals surface area contributed by atoms with E-state index < -0.39 is 29.9 Å². The molecule has 3 saturated heterocycles. The number of nitrogens with zero attached hydrogens (tertiary/aromatic N) is 2. The Morgan fingerprint density at radius 3 is 2.21 bits per heavy atom. The molecule has 0 saturated carbocycles. The number of amides is 1. The van der Waals surface area contributed by atoms with Crippen molar-refractivity contribution in [3.8, 4) is 0 Å². The van der Waals surface area contributed by atoms with E-state index in [2.05, 4.69) is 6.92 Å². The van der Waals surface area contributed by atoms with Crippen molar-refractivity contribution in [2.24, 2.45) is 5.92 Å². The van der Waals surface area contributed by atoms with Crippen molar-refractivity contribution in [2.75, 3.05) is 37.6 Å². The van der Waals surface area contributed by atoms with Gasteiger partial charge in [0.05, 0.1) is 25.3 Å². The van der Waals surface area contributed by atoms with Crippen LogP contribution in [-0.2, 0) is 9.53 Å². The largest absolute Gasteiger partial charge is 0.542 e. The number of benzene rings is 1. The minimum Gasteiger partial charge on any atom is -0.542 e. The van der Waals surface area contributed by atoms with E-state index >= 15 is 0 Å². The number of alkyl halides is 3. The number of carbonyl (C=O) groups excluding carboxylic acids is 2. The van der Waals surface area contributed by atoms with E-state index in [1.54, 1.807) is 0 Å². The normalized spacial score (nSPS) is 22.4. The first-order chi connectivity index (χ1) is 17.9. The van der Waals surface area contributed by atoms with E-state index in [0.717, 1.165) is 55.0 Å². The van der Waals surface area contributed by atoms with Crippen LogP contribution in [-0.4, -0.2) is 61.5 Å². The lowest BCUT2D eigenvalue weighted by Crippen LogP contribution is -2.65. The second-order valence-corrected chi connectivity index (χ2v) is 10.3. The second kappa shape index (κ2) is 14.6. The van der Waals surface area contributed by atoms with Crippen LogP contribution in [0.15, 0.2) is 18.2 Å². The molecule has 3 aliphatic rings. The minimum atomic E-state index is -5.19. The number of hydrogen-bond donors (Lipinski definition) is 0. The minimum absolute atomic E-state index is 0.0282. The number of aliphatic carboxylic acids is 1. The Bertz CT molecular complexity index is 904. The fraction of sp³-hybridized carbons (Fsp3) is 0.704. The number of carbonyl (C=O) groups is 2.